The Bertz CT molecular complexity index is 551. The minimum atomic E-state index is -4.68. The number of hydrogen-bond donors (Lipinski definition) is 4. The second-order valence-corrected chi connectivity index (χ2v) is 10.6. The third-order valence-corrected chi connectivity index (χ3v) is 6.48. The van der Waals surface area contributed by atoms with Crippen LogP contribution in [0.5, 0.6) is 0 Å². The number of carbonyl (C=O) groups is 1. The van der Waals surface area contributed by atoms with Crippen LogP contribution in [0.3, 0.4) is 0 Å². The van der Waals surface area contributed by atoms with Gasteiger partial charge in [0.1, 0.15) is 0 Å². The number of rotatable bonds is 24. The maximum absolute atomic E-state index is 12.2. The smallest absolute Gasteiger partial charge is 0.387 e. The molecule has 0 heterocycles. The zero-order valence-electron chi connectivity index (χ0n) is 21.8. The highest BCUT2D eigenvalue weighted by Gasteiger charge is 2.24. The van der Waals surface area contributed by atoms with E-state index >= 15 is 0 Å². The van der Waals surface area contributed by atoms with E-state index in [9.17, 15) is 14.5 Å². The van der Waals surface area contributed by atoms with Crippen molar-refractivity contribution in [2.24, 2.45) is 0 Å². The summed E-state index contributed by atoms with van der Waals surface area (Å²) >= 11 is 0. The standard InChI is InChI=1S/C26H52NO6P/c1-3-5-7-9-10-11-12-13-14-15-16-18-19-21-25(28)24(23-33-34(30,31)32)27-26(29)22-20-17-8-6-4-2/h19,21,24-25,28H,3-18,20,22-23H2,1-2H3,(H,27,29)(H2,30,31,32)/b21-19+/t24-,25-/m0/s1. The summed E-state index contributed by atoms with van der Waals surface area (Å²) in [5, 5.41) is 13.1. The Labute approximate surface area is 208 Å². The van der Waals surface area contributed by atoms with Crippen molar-refractivity contribution in [3.8, 4) is 0 Å². The van der Waals surface area contributed by atoms with Crippen molar-refractivity contribution in [2.75, 3.05) is 6.61 Å². The van der Waals surface area contributed by atoms with E-state index in [4.69, 9.17) is 9.79 Å². The quantitative estimate of drug-likeness (QED) is 0.0671. The van der Waals surface area contributed by atoms with Crippen LogP contribution in [0.25, 0.3) is 0 Å². The predicted molar refractivity (Wildman–Crippen MR) is 140 cm³/mol. The van der Waals surface area contributed by atoms with E-state index in [1.54, 1.807) is 6.08 Å². The third-order valence-electron chi connectivity index (χ3n) is 6.00. The van der Waals surface area contributed by atoms with Gasteiger partial charge in [0.25, 0.3) is 0 Å². The average molecular weight is 506 g/mol. The van der Waals surface area contributed by atoms with E-state index < -0.39 is 26.6 Å². The van der Waals surface area contributed by atoms with Gasteiger partial charge in [0.2, 0.25) is 5.91 Å². The number of nitrogens with one attached hydrogen (secondary N) is 1. The molecule has 0 saturated carbocycles. The Balaban J connectivity index is 4.16. The largest absolute Gasteiger partial charge is 0.469 e. The molecule has 2 atom stereocenters. The molecule has 0 spiro atoms. The number of hydrogen-bond acceptors (Lipinski definition) is 4. The van der Waals surface area contributed by atoms with E-state index in [1.807, 2.05) is 6.08 Å². The van der Waals surface area contributed by atoms with Crippen LogP contribution in [0.4, 0.5) is 0 Å². The van der Waals surface area contributed by atoms with Gasteiger partial charge in [-0.05, 0) is 19.3 Å². The zero-order chi connectivity index (χ0) is 25.5. The van der Waals surface area contributed by atoms with Crippen molar-refractivity contribution in [2.45, 2.75) is 142 Å². The Morgan fingerprint density at radius 3 is 1.79 bits per heavy atom. The number of phosphoric acid groups is 1. The second kappa shape index (κ2) is 22.7. The molecule has 0 rings (SSSR count). The molecule has 0 unspecified atom stereocenters. The van der Waals surface area contributed by atoms with Crippen LogP contribution in [0, 0.1) is 0 Å². The van der Waals surface area contributed by atoms with Gasteiger partial charge in [-0.1, -0.05) is 116 Å². The van der Waals surface area contributed by atoms with Gasteiger partial charge in [-0.25, -0.2) is 4.57 Å². The van der Waals surface area contributed by atoms with E-state index in [0.29, 0.717) is 6.42 Å². The molecule has 0 fully saturated rings. The predicted octanol–water partition coefficient (Wildman–Crippen LogP) is 6.56. The Kier molecular flexibility index (Phi) is 22.2. The van der Waals surface area contributed by atoms with Gasteiger partial charge in [-0.15, -0.1) is 0 Å². The van der Waals surface area contributed by atoms with E-state index in [-0.39, 0.29) is 5.91 Å². The van der Waals surface area contributed by atoms with E-state index in [1.165, 1.54) is 57.8 Å². The molecule has 0 aromatic rings. The van der Waals surface area contributed by atoms with Crippen LogP contribution in [0.2, 0.25) is 0 Å². The fraction of sp³-hybridized carbons (Fsp3) is 0.885. The first-order valence-electron chi connectivity index (χ1n) is 13.6. The lowest BCUT2D eigenvalue weighted by Crippen LogP contribution is -2.45. The number of unbranched alkanes of at least 4 members (excludes halogenated alkanes) is 15. The Morgan fingerprint density at radius 1 is 0.824 bits per heavy atom. The topological polar surface area (TPSA) is 116 Å². The third kappa shape index (κ3) is 23.0. The molecule has 0 aliphatic heterocycles. The molecular weight excluding hydrogens is 453 g/mol. The van der Waals surface area contributed by atoms with Crippen molar-refractivity contribution in [1.82, 2.24) is 5.32 Å². The molecular formula is C26H52NO6P. The maximum Gasteiger partial charge on any atom is 0.469 e. The minimum Gasteiger partial charge on any atom is -0.387 e. The normalized spacial score (nSPS) is 13.9. The first-order valence-corrected chi connectivity index (χ1v) is 15.2. The molecule has 0 aromatic heterocycles. The van der Waals surface area contributed by atoms with Crippen LogP contribution in [-0.4, -0.2) is 39.6 Å². The van der Waals surface area contributed by atoms with Crippen LogP contribution < -0.4 is 5.32 Å². The molecule has 34 heavy (non-hydrogen) atoms. The van der Waals surface area contributed by atoms with E-state index in [2.05, 4.69) is 23.7 Å². The van der Waals surface area contributed by atoms with Gasteiger partial charge >= 0.3 is 7.82 Å². The Morgan fingerprint density at radius 2 is 1.29 bits per heavy atom. The summed E-state index contributed by atoms with van der Waals surface area (Å²) in [6.45, 7) is 3.92. The molecule has 0 aromatic carbocycles. The SMILES string of the molecule is CCCCCCCCCCCCC/C=C/[C@H](O)[C@H](COP(=O)(O)O)NC(=O)CCCCCCC. The molecule has 0 aliphatic rings. The first kappa shape index (κ1) is 33.3. The average Bonchev–Trinajstić information content (AvgIpc) is 2.78. The van der Waals surface area contributed by atoms with Gasteiger partial charge in [-0.2, -0.15) is 0 Å². The van der Waals surface area contributed by atoms with Crippen LogP contribution in [-0.2, 0) is 13.9 Å². The number of aliphatic hydroxyl groups excluding tert-OH is 1. The highest BCUT2D eigenvalue weighted by molar-refractivity contribution is 7.46. The fourth-order valence-electron chi connectivity index (χ4n) is 3.87. The summed E-state index contributed by atoms with van der Waals surface area (Å²) in [6.07, 6.45) is 22.7. The summed E-state index contributed by atoms with van der Waals surface area (Å²) in [6, 6.07) is -0.899. The van der Waals surface area contributed by atoms with Crippen molar-refractivity contribution in [3.05, 3.63) is 12.2 Å². The van der Waals surface area contributed by atoms with Crippen molar-refractivity contribution in [3.63, 3.8) is 0 Å². The number of amides is 1. The van der Waals surface area contributed by atoms with Crippen LogP contribution >= 0.6 is 7.82 Å². The van der Waals surface area contributed by atoms with Gasteiger partial charge in [-0.3, -0.25) is 9.32 Å². The van der Waals surface area contributed by atoms with Gasteiger partial charge in [0, 0.05) is 6.42 Å². The second-order valence-electron chi connectivity index (χ2n) is 9.37. The summed E-state index contributed by atoms with van der Waals surface area (Å²) in [5.41, 5.74) is 0. The molecule has 4 N–H and O–H groups in total. The van der Waals surface area contributed by atoms with E-state index in [0.717, 1.165) is 51.4 Å². The summed E-state index contributed by atoms with van der Waals surface area (Å²) in [5.74, 6) is -0.242. The molecule has 8 heteroatoms. The lowest BCUT2D eigenvalue weighted by molar-refractivity contribution is -0.123. The molecule has 1 amide bonds. The molecule has 0 saturated heterocycles. The molecule has 7 nitrogen and oxygen atoms in total. The highest BCUT2D eigenvalue weighted by Crippen LogP contribution is 2.35. The van der Waals surface area contributed by atoms with Gasteiger partial charge in [0.15, 0.2) is 0 Å². The number of allylic oxidation sites excluding steroid dienone is 1. The lowest BCUT2D eigenvalue weighted by atomic mass is 10.0. The molecule has 202 valence electrons. The molecule has 0 aliphatic carbocycles. The van der Waals surface area contributed by atoms with Gasteiger partial charge < -0.3 is 20.2 Å². The lowest BCUT2D eigenvalue weighted by Gasteiger charge is -2.22. The highest BCUT2D eigenvalue weighted by atomic mass is 31.2. The first-order chi connectivity index (χ1) is 16.3. The van der Waals surface area contributed by atoms with Crippen molar-refractivity contribution in [1.29, 1.82) is 0 Å². The van der Waals surface area contributed by atoms with Crippen LogP contribution in [0.15, 0.2) is 12.2 Å². The molecule has 0 bridgehead atoms. The maximum atomic E-state index is 12.2. The zero-order valence-corrected chi connectivity index (χ0v) is 22.7. The monoisotopic (exact) mass is 505 g/mol. The van der Waals surface area contributed by atoms with Crippen molar-refractivity contribution < 1.29 is 28.8 Å². The Hall–Kier alpha value is -0.720. The van der Waals surface area contributed by atoms with Crippen molar-refractivity contribution >= 4 is 13.7 Å². The van der Waals surface area contributed by atoms with Crippen LogP contribution in [0.1, 0.15) is 129 Å². The number of aliphatic hydroxyl groups is 1. The van der Waals surface area contributed by atoms with Gasteiger partial charge in [0.05, 0.1) is 18.8 Å². The number of phosphoric ester groups is 1. The summed E-state index contributed by atoms with van der Waals surface area (Å²) in [4.78, 5) is 30.2. The number of carbonyl (C=O) groups excluding carboxylic acids is 1. The fourth-order valence-corrected chi connectivity index (χ4v) is 4.22. The summed E-state index contributed by atoms with van der Waals surface area (Å²) < 4.78 is 15.6. The summed E-state index contributed by atoms with van der Waals surface area (Å²) in [7, 11) is -4.68. The molecule has 0 radical (unpaired) electrons. The minimum absolute atomic E-state index is 0.242.